The molecular weight excluding hydrogens is 460 g/mol. The summed E-state index contributed by atoms with van der Waals surface area (Å²) in [5.74, 6) is -0.180. The number of aliphatic hydroxyl groups is 1. The second kappa shape index (κ2) is 10.9. The van der Waals surface area contributed by atoms with Crippen LogP contribution in [0.5, 0.6) is 17.2 Å². The summed E-state index contributed by atoms with van der Waals surface area (Å²) in [7, 11) is 2.99. The molecule has 2 aromatic carbocycles. The first-order valence-corrected chi connectivity index (χ1v) is 11.6. The van der Waals surface area contributed by atoms with Gasteiger partial charge >= 0.3 is 0 Å². The van der Waals surface area contributed by atoms with Crippen molar-refractivity contribution in [3.8, 4) is 17.2 Å². The van der Waals surface area contributed by atoms with Gasteiger partial charge in [0.2, 0.25) is 0 Å². The van der Waals surface area contributed by atoms with Crippen molar-refractivity contribution >= 4 is 17.4 Å². The van der Waals surface area contributed by atoms with E-state index in [-0.39, 0.29) is 17.9 Å². The van der Waals surface area contributed by atoms with Gasteiger partial charge in [-0.3, -0.25) is 14.6 Å². The van der Waals surface area contributed by atoms with Gasteiger partial charge in [-0.05, 0) is 60.0 Å². The molecular formula is C28H28N2O6. The van der Waals surface area contributed by atoms with E-state index in [9.17, 15) is 14.7 Å². The number of hydrogen-bond acceptors (Lipinski definition) is 7. The summed E-state index contributed by atoms with van der Waals surface area (Å²) in [5, 5.41) is 11.3. The van der Waals surface area contributed by atoms with Crippen LogP contribution >= 0.6 is 0 Å². The second-order valence-corrected chi connectivity index (χ2v) is 8.27. The quantitative estimate of drug-likeness (QED) is 0.269. The van der Waals surface area contributed by atoms with Crippen LogP contribution < -0.4 is 14.2 Å². The Hall–Kier alpha value is -4.33. The molecule has 0 spiro atoms. The van der Waals surface area contributed by atoms with Crippen molar-refractivity contribution < 1.29 is 28.9 Å². The number of likely N-dealkylation sites (tertiary alicyclic amines) is 1. The molecule has 1 fully saturated rings. The third-order valence-electron chi connectivity index (χ3n) is 5.97. The molecule has 186 valence electrons. The third-order valence-corrected chi connectivity index (χ3v) is 5.97. The SMILES string of the molecule is CCCOc1ccc([C@@H]2C(=C(O)c3ccc(OC)c(OC)c3)C(=O)C(=O)N2Cc2ccncc2)cc1. The zero-order valence-electron chi connectivity index (χ0n) is 20.4. The van der Waals surface area contributed by atoms with Gasteiger partial charge in [-0.1, -0.05) is 19.1 Å². The van der Waals surface area contributed by atoms with Crippen molar-refractivity contribution in [2.45, 2.75) is 25.9 Å². The molecule has 8 nitrogen and oxygen atoms in total. The lowest BCUT2D eigenvalue weighted by molar-refractivity contribution is -0.140. The number of rotatable bonds is 9. The van der Waals surface area contributed by atoms with Crippen molar-refractivity contribution in [3.63, 3.8) is 0 Å². The molecule has 0 saturated carbocycles. The summed E-state index contributed by atoms with van der Waals surface area (Å²) >= 11 is 0. The van der Waals surface area contributed by atoms with E-state index in [1.807, 2.05) is 19.1 Å². The number of ketones is 1. The van der Waals surface area contributed by atoms with E-state index < -0.39 is 17.7 Å². The smallest absolute Gasteiger partial charge is 0.295 e. The Morgan fingerprint density at radius 1 is 0.972 bits per heavy atom. The minimum absolute atomic E-state index is 0.00324. The summed E-state index contributed by atoms with van der Waals surface area (Å²) < 4.78 is 16.3. The minimum Gasteiger partial charge on any atom is -0.507 e. The Kier molecular flexibility index (Phi) is 7.53. The second-order valence-electron chi connectivity index (χ2n) is 8.27. The first kappa shape index (κ1) is 24.8. The average Bonchev–Trinajstić information content (AvgIpc) is 3.16. The molecule has 8 heteroatoms. The topological polar surface area (TPSA) is 98.2 Å². The number of aromatic nitrogens is 1. The number of amides is 1. The van der Waals surface area contributed by atoms with Gasteiger partial charge in [0.25, 0.3) is 11.7 Å². The van der Waals surface area contributed by atoms with E-state index in [1.54, 1.807) is 54.9 Å². The lowest BCUT2D eigenvalue weighted by Gasteiger charge is -2.25. The molecule has 1 amide bonds. The summed E-state index contributed by atoms with van der Waals surface area (Å²) in [6, 6.07) is 14.8. The van der Waals surface area contributed by atoms with Gasteiger partial charge in [0.15, 0.2) is 11.5 Å². The van der Waals surface area contributed by atoms with Crippen LogP contribution in [0.3, 0.4) is 0 Å². The number of aliphatic hydroxyl groups excluding tert-OH is 1. The lowest BCUT2D eigenvalue weighted by atomic mass is 9.95. The fourth-order valence-electron chi connectivity index (χ4n) is 4.18. The Labute approximate surface area is 209 Å². The summed E-state index contributed by atoms with van der Waals surface area (Å²) in [5.41, 5.74) is 1.83. The molecule has 0 bridgehead atoms. The van der Waals surface area contributed by atoms with Gasteiger partial charge in [0, 0.05) is 24.5 Å². The number of pyridine rings is 1. The monoisotopic (exact) mass is 488 g/mol. The molecule has 36 heavy (non-hydrogen) atoms. The minimum atomic E-state index is -0.800. The number of carbonyl (C=O) groups excluding carboxylic acids is 2. The van der Waals surface area contributed by atoms with Crippen LogP contribution in [0, 0.1) is 0 Å². The first-order chi connectivity index (χ1) is 17.5. The van der Waals surface area contributed by atoms with E-state index >= 15 is 0 Å². The Morgan fingerprint density at radius 2 is 1.67 bits per heavy atom. The molecule has 0 unspecified atom stereocenters. The highest BCUT2D eigenvalue weighted by Crippen LogP contribution is 2.41. The van der Waals surface area contributed by atoms with Crippen LogP contribution in [0.2, 0.25) is 0 Å². The Morgan fingerprint density at radius 3 is 2.31 bits per heavy atom. The lowest BCUT2D eigenvalue weighted by Crippen LogP contribution is -2.29. The van der Waals surface area contributed by atoms with Crippen molar-refractivity contribution in [1.29, 1.82) is 0 Å². The predicted octanol–water partition coefficient (Wildman–Crippen LogP) is 4.51. The number of Topliss-reactive ketones (excluding diaryl/α,β-unsaturated/α-hetero) is 1. The third kappa shape index (κ3) is 4.88. The van der Waals surface area contributed by atoms with Gasteiger partial charge in [-0.25, -0.2) is 0 Å². The maximum absolute atomic E-state index is 13.3. The van der Waals surface area contributed by atoms with Crippen molar-refractivity contribution in [3.05, 3.63) is 89.3 Å². The van der Waals surface area contributed by atoms with Crippen molar-refractivity contribution in [1.82, 2.24) is 9.88 Å². The highest BCUT2D eigenvalue weighted by atomic mass is 16.5. The van der Waals surface area contributed by atoms with Crippen molar-refractivity contribution in [2.75, 3.05) is 20.8 Å². The highest BCUT2D eigenvalue weighted by Gasteiger charge is 2.46. The van der Waals surface area contributed by atoms with E-state index in [4.69, 9.17) is 14.2 Å². The van der Waals surface area contributed by atoms with Crippen LogP contribution in [0.15, 0.2) is 72.6 Å². The Balaban J connectivity index is 1.82. The van der Waals surface area contributed by atoms with E-state index in [1.165, 1.54) is 19.1 Å². The predicted molar refractivity (Wildman–Crippen MR) is 134 cm³/mol. The number of methoxy groups -OCH3 is 2. The maximum Gasteiger partial charge on any atom is 0.295 e. The number of carbonyl (C=O) groups is 2. The molecule has 1 aliphatic rings. The van der Waals surface area contributed by atoms with Crippen molar-refractivity contribution in [2.24, 2.45) is 0 Å². The van der Waals surface area contributed by atoms with Crippen LogP contribution in [0.4, 0.5) is 0 Å². The molecule has 1 saturated heterocycles. The van der Waals surface area contributed by atoms with Gasteiger partial charge in [-0.15, -0.1) is 0 Å². The zero-order valence-corrected chi connectivity index (χ0v) is 20.4. The number of hydrogen-bond donors (Lipinski definition) is 1. The van der Waals surface area contributed by atoms with Crippen LogP contribution in [-0.4, -0.2) is 47.5 Å². The van der Waals surface area contributed by atoms with Crippen LogP contribution in [0.1, 0.15) is 36.1 Å². The van der Waals surface area contributed by atoms with Crippen LogP contribution in [0.25, 0.3) is 5.76 Å². The van der Waals surface area contributed by atoms with Gasteiger partial charge in [-0.2, -0.15) is 0 Å². The highest BCUT2D eigenvalue weighted by molar-refractivity contribution is 6.46. The molecule has 3 aromatic rings. The fourth-order valence-corrected chi connectivity index (χ4v) is 4.18. The van der Waals surface area contributed by atoms with Gasteiger partial charge in [0.1, 0.15) is 11.5 Å². The fraction of sp³-hybridized carbons (Fsp3) is 0.250. The maximum atomic E-state index is 13.3. The van der Waals surface area contributed by atoms with E-state index in [2.05, 4.69) is 4.98 Å². The average molecular weight is 489 g/mol. The molecule has 0 aliphatic carbocycles. The van der Waals surface area contributed by atoms with E-state index in [0.717, 1.165) is 12.0 Å². The summed E-state index contributed by atoms with van der Waals surface area (Å²) in [6.07, 6.45) is 4.13. The summed E-state index contributed by atoms with van der Waals surface area (Å²) in [4.78, 5) is 32.0. The molecule has 1 aromatic heterocycles. The van der Waals surface area contributed by atoms with Gasteiger partial charge < -0.3 is 24.2 Å². The number of benzene rings is 2. The normalized spacial score (nSPS) is 16.8. The van der Waals surface area contributed by atoms with Crippen LogP contribution in [-0.2, 0) is 16.1 Å². The molecule has 1 aliphatic heterocycles. The van der Waals surface area contributed by atoms with Gasteiger partial charge in [0.05, 0.1) is 32.4 Å². The summed E-state index contributed by atoms with van der Waals surface area (Å²) in [6.45, 7) is 2.78. The molecule has 1 atom stereocenters. The standard InChI is InChI=1S/C28H28N2O6/c1-4-15-36-21-8-5-19(6-9-21)25-24(26(31)20-7-10-22(34-2)23(16-20)35-3)27(32)28(33)30(25)17-18-11-13-29-14-12-18/h5-14,16,25,31H,4,15,17H2,1-3H3/t25-/m1/s1. The number of ether oxygens (including phenoxy) is 3. The molecule has 4 rings (SSSR count). The van der Waals surface area contributed by atoms with E-state index in [0.29, 0.717) is 35.0 Å². The molecule has 0 radical (unpaired) electrons. The largest absolute Gasteiger partial charge is 0.507 e. The molecule has 2 heterocycles. The number of nitrogens with zero attached hydrogens (tertiary/aromatic N) is 2. The Bertz CT molecular complexity index is 1270. The first-order valence-electron chi connectivity index (χ1n) is 11.6. The molecule has 1 N–H and O–H groups in total. The zero-order chi connectivity index (χ0) is 25.7.